The Morgan fingerprint density at radius 2 is 1.76 bits per heavy atom. The lowest BCUT2D eigenvalue weighted by Gasteiger charge is -2.15. The molecule has 0 unspecified atom stereocenters. The highest BCUT2D eigenvalue weighted by Crippen LogP contribution is 2.21. The number of nitrogens with one attached hydrogen (secondary N) is 1. The molecule has 9 heteroatoms. The normalized spacial score (nSPS) is 14.4. The highest BCUT2D eigenvalue weighted by atomic mass is 32.2. The van der Waals surface area contributed by atoms with Crippen molar-refractivity contribution in [3.8, 4) is 5.75 Å². The summed E-state index contributed by atoms with van der Waals surface area (Å²) in [5.41, 5.74) is 0.682. The molecule has 1 amide bonds. The molecular weight excluding hydrogens is 396 g/mol. The average molecular weight is 418 g/mol. The van der Waals surface area contributed by atoms with Crippen molar-refractivity contribution >= 4 is 27.6 Å². The molecule has 0 saturated carbocycles. The van der Waals surface area contributed by atoms with E-state index < -0.39 is 28.5 Å². The first-order valence-corrected chi connectivity index (χ1v) is 10.6. The number of esters is 1. The van der Waals surface area contributed by atoms with E-state index in [1.807, 2.05) is 0 Å². The summed E-state index contributed by atoms with van der Waals surface area (Å²) in [7, 11) is -2.02. The maximum absolute atomic E-state index is 12.5. The van der Waals surface area contributed by atoms with Gasteiger partial charge in [0.25, 0.3) is 5.91 Å². The summed E-state index contributed by atoms with van der Waals surface area (Å²) in [4.78, 5) is 24.2. The van der Waals surface area contributed by atoms with Crippen molar-refractivity contribution in [2.45, 2.75) is 17.7 Å². The molecule has 1 heterocycles. The fourth-order valence-electron chi connectivity index (χ4n) is 2.95. The number of methoxy groups -OCH3 is 1. The molecule has 154 valence electrons. The number of amides is 1. The van der Waals surface area contributed by atoms with Gasteiger partial charge in [-0.25, -0.2) is 13.2 Å². The number of carbonyl (C=O) groups excluding carboxylic acids is 2. The number of benzene rings is 2. The minimum Gasteiger partial charge on any atom is -0.497 e. The summed E-state index contributed by atoms with van der Waals surface area (Å²) in [6, 6.07) is 12.3. The first kappa shape index (κ1) is 20.8. The molecular formula is C20H22N2O6S. The molecule has 2 aromatic carbocycles. The Morgan fingerprint density at radius 1 is 1.07 bits per heavy atom. The van der Waals surface area contributed by atoms with Gasteiger partial charge >= 0.3 is 5.97 Å². The number of rotatable bonds is 7. The predicted octanol–water partition coefficient (Wildman–Crippen LogP) is 2.28. The number of sulfonamides is 1. The van der Waals surface area contributed by atoms with Crippen LogP contribution in [-0.4, -0.2) is 51.4 Å². The first-order valence-electron chi connectivity index (χ1n) is 9.11. The highest BCUT2D eigenvalue weighted by Gasteiger charge is 2.27. The Balaban J connectivity index is 1.56. The van der Waals surface area contributed by atoms with Crippen molar-refractivity contribution in [1.29, 1.82) is 0 Å². The van der Waals surface area contributed by atoms with Crippen molar-refractivity contribution in [2.75, 3.05) is 32.1 Å². The van der Waals surface area contributed by atoms with Gasteiger partial charge in [-0.3, -0.25) is 4.79 Å². The fraction of sp³-hybridized carbons (Fsp3) is 0.300. The molecule has 3 rings (SSSR count). The van der Waals surface area contributed by atoms with Gasteiger partial charge in [-0.15, -0.1) is 0 Å². The SMILES string of the molecule is COc1cccc(NC(=O)COC(=O)c2ccc(S(=O)(=O)N3CCCC3)cc2)c1. The van der Waals surface area contributed by atoms with Crippen LogP contribution < -0.4 is 10.1 Å². The molecule has 1 saturated heterocycles. The van der Waals surface area contributed by atoms with Crippen LogP contribution in [0.25, 0.3) is 0 Å². The Kier molecular flexibility index (Phi) is 6.50. The van der Waals surface area contributed by atoms with Crippen LogP contribution in [0.4, 0.5) is 5.69 Å². The summed E-state index contributed by atoms with van der Waals surface area (Å²) < 4.78 is 36.5. The third-order valence-corrected chi connectivity index (χ3v) is 6.39. The molecule has 0 atom stereocenters. The lowest BCUT2D eigenvalue weighted by Crippen LogP contribution is -2.27. The van der Waals surface area contributed by atoms with E-state index in [2.05, 4.69) is 5.32 Å². The third-order valence-electron chi connectivity index (χ3n) is 4.48. The van der Waals surface area contributed by atoms with Crippen molar-refractivity contribution in [1.82, 2.24) is 4.31 Å². The summed E-state index contributed by atoms with van der Waals surface area (Å²) in [6.07, 6.45) is 1.70. The number of anilines is 1. The summed E-state index contributed by atoms with van der Waals surface area (Å²) in [5, 5.41) is 2.60. The lowest BCUT2D eigenvalue weighted by molar-refractivity contribution is -0.119. The molecule has 1 aliphatic heterocycles. The van der Waals surface area contributed by atoms with Gasteiger partial charge in [-0.05, 0) is 49.2 Å². The topological polar surface area (TPSA) is 102 Å². The van der Waals surface area contributed by atoms with Crippen molar-refractivity contribution < 1.29 is 27.5 Å². The van der Waals surface area contributed by atoms with E-state index in [4.69, 9.17) is 9.47 Å². The van der Waals surface area contributed by atoms with E-state index in [0.717, 1.165) is 12.8 Å². The van der Waals surface area contributed by atoms with Crippen LogP contribution in [0, 0.1) is 0 Å². The molecule has 1 aliphatic rings. The van der Waals surface area contributed by atoms with Gasteiger partial charge in [0.05, 0.1) is 17.6 Å². The van der Waals surface area contributed by atoms with Crippen LogP contribution in [0.2, 0.25) is 0 Å². The van der Waals surface area contributed by atoms with Crippen LogP contribution in [0.3, 0.4) is 0 Å². The summed E-state index contributed by atoms with van der Waals surface area (Å²) >= 11 is 0. The maximum Gasteiger partial charge on any atom is 0.338 e. The second-order valence-corrected chi connectivity index (χ2v) is 8.43. The van der Waals surface area contributed by atoms with E-state index in [9.17, 15) is 18.0 Å². The van der Waals surface area contributed by atoms with Crippen molar-refractivity contribution in [3.63, 3.8) is 0 Å². The maximum atomic E-state index is 12.5. The minimum absolute atomic E-state index is 0.131. The third kappa shape index (κ3) is 5.12. The summed E-state index contributed by atoms with van der Waals surface area (Å²) in [5.74, 6) is -0.625. The highest BCUT2D eigenvalue weighted by molar-refractivity contribution is 7.89. The second kappa shape index (κ2) is 9.06. The van der Waals surface area contributed by atoms with Crippen LogP contribution >= 0.6 is 0 Å². The number of ether oxygens (including phenoxy) is 2. The molecule has 0 aliphatic carbocycles. The van der Waals surface area contributed by atoms with Gasteiger partial charge in [0, 0.05) is 24.8 Å². The molecule has 1 fully saturated rings. The zero-order chi connectivity index (χ0) is 20.9. The average Bonchev–Trinajstić information content (AvgIpc) is 3.28. The monoisotopic (exact) mass is 418 g/mol. The van der Waals surface area contributed by atoms with E-state index in [1.165, 1.54) is 35.7 Å². The van der Waals surface area contributed by atoms with E-state index in [0.29, 0.717) is 24.5 Å². The molecule has 2 aromatic rings. The minimum atomic E-state index is -3.54. The number of carbonyl (C=O) groups is 2. The quantitative estimate of drug-likeness (QED) is 0.692. The van der Waals surface area contributed by atoms with Crippen LogP contribution in [0.5, 0.6) is 5.75 Å². The Hall–Kier alpha value is -2.91. The Bertz CT molecular complexity index is 982. The molecule has 0 spiro atoms. The molecule has 1 N–H and O–H groups in total. The Labute approximate surface area is 169 Å². The number of nitrogens with zero attached hydrogens (tertiary/aromatic N) is 1. The van der Waals surface area contributed by atoms with Gasteiger partial charge in [0.15, 0.2) is 6.61 Å². The Morgan fingerprint density at radius 3 is 2.41 bits per heavy atom. The van der Waals surface area contributed by atoms with Crippen LogP contribution in [0.15, 0.2) is 53.4 Å². The largest absolute Gasteiger partial charge is 0.497 e. The van der Waals surface area contributed by atoms with Gasteiger partial charge in [-0.1, -0.05) is 6.07 Å². The standard InChI is InChI=1S/C20H22N2O6S/c1-27-17-6-4-5-16(13-17)21-19(23)14-28-20(24)15-7-9-18(10-8-15)29(25,26)22-11-2-3-12-22/h4-10,13H,2-3,11-12,14H2,1H3,(H,21,23). The lowest BCUT2D eigenvalue weighted by atomic mass is 10.2. The molecule has 0 radical (unpaired) electrons. The number of hydrogen-bond donors (Lipinski definition) is 1. The summed E-state index contributed by atoms with van der Waals surface area (Å²) in [6.45, 7) is 0.549. The first-order chi connectivity index (χ1) is 13.9. The van der Waals surface area contributed by atoms with E-state index in [-0.39, 0.29) is 10.5 Å². The van der Waals surface area contributed by atoms with E-state index >= 15 is 0 Å². The van der Waals surface area contributed by atoms with Gasteiger partial charge in [-0.2, -0.15) is 4.31 Å². The molecule has 8 nitrogen and oxygen atoms in total. The fourth-order valence-corrected chi connectivity index (χ4v) is 4.47. The zero-order valence-corrected chi connectivity index (χ0v) is 16.8. The van der Waals surface area contributed by atoms with Crippen molar-refractivity contribution in [2.24, 2.45) is 0 Å². The van der Waals surface area contributed by atoms with Gasteiger partial charge in [0.1, 0.15) is 5.75 Å². The van der Waals surface area contributed by atoms with Crippen LogP contribution in [-0.2, 0) is 19.6 Å². The van der Waals surface area contributed by atoms with Crippen molar-refractivity contribution in [3.05, 3.63) is 54.1 Å². The molecule has 29 heavy (non-hydrogen) atoms. The van der Waals surface area contributed by atoms with Gasteiger partial charge < -0.3 is 14.8 Å². The number of hydrogen-bond acceptors (Lipinski definition) is 6. The van der Waals surface area contributed by atoms with E-state index in [1.54, 1.807) is 24.3 Å². The predicted molar refractivity (Wildman–Crippen MR) is 106 cm³/mol. The van der Waals surface area contributed by atoms with Crippen LogP contribution in [0.1, 0.15) is 23.2 Å². The smallest absolute Gasteiger partial charge is 0.338 e. The second-order valence-electron chi connectivity index (χ2n) is 6.49. The zero-order valence-electron chi connectivity index (χ0n) is 16.0. The molecule has 0 aromatic heterocycles. The molecule has 0 bridgehead atoms. The van der Waals surface area contributed by atoms with Gasteiger partial charge in [0.2, 0.25) is 10.0 Å².